The number of thiazole rings is 1. The van der Waals surface area contributed by atoms with Gasteiger partial charge in [0.2, 0.25) is 0 Å². The highest BCUT2D eigenvalue weighted by Gasteiger charge is 2.05. The fourth-order valence-corrected chi connectivity index (χ4v) is 3.27. The minimum Gasteiger partial charge on any atom is -0.467 e. The molecule has 1 aromatic carbocycles. The van der Waals surface area contributed by atoms with Gasteiger partial charge < -0.3 is 19.8 Å². The molecule has 0 aliphatic heterocycles. The molecule has 0 aliphatic rings. The van der Waals surface area contributed by atoms with Gasteiger partial charge in [-0.1, -0.05) is 30.3 Å². The molecule has 0 aliphatic carbocycles. The van der Waals surface area contributed by atoms with Gasteiger partial charge in [-0.05, 0) is 18.6 Å². The van der Waals surface area contributed by atoms with Gasteiger partial charge in [-0.3, -0.25) is 4.99 Å². The van der Waals surface area contributed by atoms with Crippen LogP contribution in [0.4, 0.5) is 0 Å². The molecule has 0 atom stereocenters. The van der Waals surface area contributed by atoms with Gasteiger partial charge in [0.05, 0.1) is 18.5 Å². The van der Waals surface area contributed by atoms with Crippen molar-refractivity contribution < 1.29 is 9.15 Å². The van der Waals surface area contributed by atoms with Crippen molar-refractivity contribution in [3.8, 4) is 10.6 Å². The maximum Gasteiger partial charge on any atom is 0.191 e. The van der Waals surface area contributed by atoms with E-state index in [1.807, 2.05) is 30.3 Å². The van der Waals surface area contributed by atoms with Gasteiger partial charge in [-0.2, -0.15) is 0 Å². The minimum atomic E-state index is 0.507. The number of rotatable bonds is 9. The third-order valence-corrected chi connectivity index (χ3v) is 4.76. The SMILES string of the molecule is CN=C(NCCCOCc1ccco1)NCc1csc(-c2ccccc2)n1. The van der Waals surface area contributed by atoms with E-state index in [0.717, 1.165) is 41.0 Å². The predicted octanol–water partition coefficient (Wildman–Crippen LogP) is 3.68. The van der Waals surface area contributed by atoms with Crippen LogP contribution in [0.5, 0.6) is 0 Å². The smallest absolute Gasteiger partial charge is 0.191 e. The van der Waals surface area contributed by atoms with E-state index in [9.17, 15) is 0 Å². The molecule has 3 aromatic rings. The summed E-state index contributed by atoms with van der Waals surface area (Å²) in [7, 11) is 1.76. The summed E-state index contributed by atoms with van der Waals surface area (Å²) in [5, 5.41) is 9.68. The Labute approximate surface area is 163 Å². The molecule has 0 saturated heterocycles. The van der Waals surface area contributed by atoms with Crippen molar-refractivity contribution >= 4 is 17.3 Å². The lowest BCUT2D eigenvalue weighted by atomic mass is 10.2. The van der Waals surface area contributed by atoms with E-state index in [4.69, 9.17) is 9.15 Å². The second-order valence-corrected chi connectivity index (χ2v) is 6.71. The van der Waals surface area contributed by atoms with Crippen LogP contribution >= 0.6 is 11.3 Å². The van der Waals surface area contributed by atoms with Crippen LogP contribution in [-0.2, 0) is 17.9 Å². The van der Waals surface area contributed by atoms with Gasteiger partial charge in [0.15, 0.2) is 5.96 Å². The first kappa shape index (κ1) is 19.1. The zero-order valence-electron chi connectivity index (χ0n) is 15.4. The molecule has 7 heteroatoms. The summed E-state index contributed by atoms with van der Waals surface area (Å²) in [6.07, 6.45) is 2.54. The number of guanidine groups is 1. The third kappa shape index (κ3) is 6.23. The molecule has 2 heterocycles. The second-order valence-electron chi connectivity index (χ2n) is 5.85. The van der Waals surface area contributed by atoms with Gasteiger partial charge in [0.1, 0.15) is 17.4 Å². The summed E-state index contributed by atoms with van der Waals surface area (Å²) in [4.78, 5) is 8.92. The van der Waals surface area contributed by atoms with E-state index in [1.165, 1.54) is 0 Å². The van der Waals surface area contributed by atoms with E-state index in [0.29, 0.717) is 19.8 Å². The standard InChI is InChI=1S/C20H24N4O2S/c1-21-20(22-10-6-11-25-14-18-9-5-12-26-18)23-13-17-15-27-19(24-17)16-7-3-2-4-8-16/h2-5,7-9,12,15H,6,10-11,13-14H2,1H3,(H2,21,22,23). The fourth-order valence-electron chi connectivity index (χ4n) is 2.44. The van der Waals surface area contributed by atoms with Crippen LogP contribution in [-0.4, -0.2) is 31.1 Å². The average molecular weight is 385 g/mol. The first-order valence-electron chi connectivity index (χ1n) is 8.89. The summed E-state index contributed by atoms with van der Waals surface area (Å²) < 4.78 is 10.8. The highest BCUT2D eigenvalue weighted by molar-refractivity contribution is 7.13. The van der Waals surface area contributed by atoms with Crippen molar-refractivity contribution in [1.29, 1.82) is 0 Å². The molecule has 3 rings (SSSR count). The average Bonchev–Trinajstić information content (AvgIpc) is 3.39. The lowest BCUT2D eigenvalue weighted by Crippen LogP contribution is -2.37. The quantitative estimate of drug-likeness (QED) is 0.335. The molecule has 0 unspecified atom stereocenters. The Balaban J connectivity index is 1.34. The minimum absolute atomic E-state index is 0.507. The maximum absolute atomic E-state index is 5.56. The molecular weight excluding hydrogens is 360 g/mol. The fraction of sp³-hybridized carbons (Fsp3) is 0.300. The topological polar surface area (TPSA) is 71.7 Å². The molecule has 27 heavy (non-hydrogen) atoms. The third-order valence-electron chi connectivity index (χ3n) is 3.82. The van der Waals surface area contributed by atoms with Crippen molar-refractivity contribution in [2.45, 2.75) is 19.6 Å². The van der Waals surface area contributed by atoms with Gasteiger partial charge in [0.25, 0.3) is 0 Å². The van der Waals surface area contributed by atoms with E-state index < -0.39 is 0 Å². The number of aliphatic imine (C=N–C) groups is 1. The molecule has 0 saturated carbocycles. The van der Waals surface area contributed by atoms with Crippen LogP contribution in [0.3, 0.4) is 0 Å². The predicted molar refractivity (Wildman–Crippen MR) is 109 cm³/mol. The molecule has 0 amide bonds. The number of furan rings is 1. The number of aromatic nitrogens is 1. The first-order valence-corrected chi connectivity index (χ1v) is 9.77. The number of nitrogens with one attached hydrogen (secondary N) is 2. The van der Waals surface area contributed by atoms with Gasteiger partial charge in [-0.25, -0.2) is 4.98 Å². The Kier molecular flexibility index (Phi) is 7.44. The molecule has 142 valence electrons. The molecule has 6 nitrogen and oxygen atoms in total. The Morgan fingerprint density at radius 2 is 2.07 bits per heavy atom. The number of hydrogen-bond acceptors (Lipinski definition) is 5. The van der Waals surface area contributed by atoms with E-state index >= 15 is 0 Å². The number of hydrogen-bond donors (Lipinski definition) is 2. The number of benzene rings is 1. The molecule has 0 radical (unpaired) electrons. The lowest BCUT2D eigenvalue weighted by molar-refractivity contribution is 0.105. The summed E-state index contributed by atoms with van der Waals surface area (Å²) in [6.45, 7) is 2.59. The lowest BCUT2D eigenvalue weighted by Gasteiger charge is -2.11. The van der Waals surface area contributed by atoms with Crippen LogP contribution in [0, 0.1) is 0 Å². The second kappa shape index (κ2) is 10.5. The van der Waals surface area contributed by atoms with Crippen LogP contribution in [0.1, 0.15) is 17.9 Å². The largest absolute Gasteiger partial charge is 0.467 e. The first-order chi connectivity index (χ1) is 13.3. The van der Waals surface area contributed by atoms with Gasteiger partial charge in [-0.15, -0.1) is 11.3 Å². The Morgan fingerprint density at radius 3 is 2.85 bits per heavy atom. The van der Waals surface area contributed by atoms with E-state index in [2.05, 4.69) is 38.1 Å². The summed E-state index contributed by atoms with van der Waals surface area (Å²) in [5.41, 5.74) is 2.15. The Morgan fingerprint density at radius 1 is 1.19 bits per heavy atom. The van der Waals surface area contributed by atoms with Crippen molar-refractivity contribution in [3.05, 3.63) is 65.6 Å². The summed E-state index contributed by atoms with van der Waals surface area (Å²) in [6, 6.07) is 14.0. The molecule has 2 N–H and O–H groups in total. The normalized spacial score (nSPS) is 11.5. The van der Waals surface area contributed by atoms with Crippen molar-refractivity contribution in [3.63, 3.8) is 0 Å². The van der Waals surface area contributed by atoms with Crippen LogP contribution < -0.4 is 10.6 Å². The molecule has 0 fully saturated rings. The monoisotopic (exact) mass is 384 g/mol. The molecule has 0 bridgehead atoms. The zero-order valence-corrected chi connectivity index (χ0v) is 16.2. The highest BCUT2D eigenvalue weighted by atomic mass is 32.1. The number of ether oxygens (including phenoxy) is 1. The number of nitrogens with zero attached hydrogens (tertiary/aromatic N) is 2. The van der Waals surface area contributed by atoms with Crippen LogP contribution in [0.25, 0.3) is 10.6 Å². The summed E-state index contributed by atoms with van der Waals surface area (Å²) >= 11 is 1.65. The van der Waals surface area contributed by atoms with E-state index in [1.54, 1.807) is 24.6 Å². The van der Waals surface area contributed by atoms with Crippen molar-refractivity contribution in [2.24, 2.45) is 4.99 Å². The van der Waals surface area contributed by atoms with Gasteiger partial charge in [0, 0.05) is 31.1 Å². The highest BCUT2D eigenvalue weighted by Crippen LogP contribution is 2.23. The Hall–Kier alpha value is -2.64. The van der Waals surface area contributed by atoms with Crippen molar-refractivity contribution in [2.75, 3.05) is 20.2 Å². The maximum atomic E-state index is 5.56. The summed E-state index contributed by atoms with van der Waals surface area (Å²) in [5.74, 6) is 1.61. The van der Waals surface area contributed by atoms with Crippen molar-refractivity contribution in [1.82, 2.24) is 15.6 Å². The van der Waals surface area contributed by atoms with Crippen LogP contribution in [0.15, 0.2) is 63.5 Å². The Bertz CT molecular complexity index is 816. The van der Waals surface area contributed by atoms with E-state index in [-0.39, 0.29) is 0 Å². The molecule has 2 aromatic heterocycles. The zero-order chi connectivity index (χ0) is 18.7. The van der Waals surface area contributed by atoms with Gasteiger partial charge >= 0.3 is 0 Å². The molecule has 0 spiro atoms. The van der Waals surface area contributed by atoms with Crippen LogP contribution in [0.2, 0.25) is 0 Å². The molecular formula is C20H24N4O2S.